The smallest absolute Gasteiger partial charge is 0.303 e. The van der Waals surface area contributed by atoms with Crippen LogP contribution in [0, 0.1) is 11.7 Å². The molecule has 3 N–H and O–H groups in total. The molecule has 1 saturated heterocycles. The van der Waals surface area contributed by atoms with Crippen molar-refractivity contribution in [2.24, 2.45) is 5.92 Å². The first-order valence-electron chi connectivity index (χ1n) is 7.43. The molecule has 2 heterocycles. The second kappa shape index (κ2) is 6.47. The Morgan fingerprint density at radius 2 is 2.26 bits per heavy atom. The van der Waals surface area contributed by atoms with Gasteiger partial charge in [-0.15, -0.1) is 0 Å². The zero-order chi connectivity index (χ0) is 16.4. The van der Waals surface area contributed by atoms with Crippen molar-refractivity contribution >= 4 is 5.97 Å². The molecular formula is C16H18FN3O3. The van der Waals surface area contributed by atoms with E-state index in [9.17, 15) is 14.3 Å². The summed E-state index contributed by atoms with van der Waals surface area (Å²) in [5.41, 5.74) is 2.33. The van der Waals surface area contributed by atoms with Crippen molar-refractivity contribution in [1.29, 1.82) is 0 Å². The summed E-state index contributed by atoms with van der Waals surface area (Å²) in [7, 11) is 0. The van der Waals surface area contributed by atoms with Gasteiger partial charge in [0.1, 0.15) is 5.82 Å². The Kier molecular flexibility index (Phi) is 4.40. The maximum absolute atomic E-state index is 13.4. The zero-order valence-electron chi connectivity index (χ0n) is 12.4. The van der Waals surface area contributed by atoms with Crippen molar-refractivity contribution in [1.82, 2.24) is 15.1 Å². The van der Waals surface area contributed by atoms with Gasteiger partial charge in [-0.05, 0) is 12.1 Å². The third-order valence-corrected chi connectivity index (χ3v) is 4.14. The molecule has 1 aromatic heterocycles. The summed E-state index contributed by atoms with van der Waals surface area (Å²) in [4.78, 5) is 12.8. The summed E-state index contributed by atoms with van der Waals surface area (Å²) in [6.07, 6.45) is 0.993. The number of carboxylic acid groups (broad SMARTS) is 1. The summed E-state index contributed by atoms with van der Waals surface area (Å²) in [6.45, 7) is 1.46. The predicted molar refractivity (Wildman–Crippen MR) is 81.0 cm³/mol. The van der Waals surface area contributed by atoms with E-state index in [-0.39, 0.29) is 18.2 Å². The number of aromatic nitrogens is 2. The van der Waals surface area contributed by atoms with E-state index in [0.717, 1.165) is 11.3 Å². The van der Waals surface area contributed by atoms with E-state index in [4.69, 9.17) is 5.11 Å². The Morgan fingerprint density at radius 3 is 3.00 bits per heavy atom. The topological polar surface area (TPSA) is 89.5 Å². The number of aliphatic hydroxyl groups is 1. The van der Waals surface area contributed by atoms with Gasteiger partial charge >= 0.3 is 5.97 Å². The third-order valence-electron chi connectivity index (χ3n) is 4.14. The van der Waals surface area contributed by atoms with Gasteiger partial charge < -0.3 is 10.2 Å². The maximum Gasteiger partial charge on any atom is 0.303 e. The Balaban J connectivity index is 1.73. The number of benzene rings is 1. The molecule has 1 aromatic carbocycles. The van der Waals surface area contributed by atoms with Gasteiger partial charge in [0.05, 0.1) is 24.4 Å². The molecule has 0 bridgehead atoms. The minimum absolute atomic E-state index is 0.0419. The highest BCUT2D eigenvalue weighted by atomic mass is 19.1. The standard InChI is InChI=1S/C16H18FN3O3/c17-13-3-1-2-10(4-13)16-12(6-18-19-16)8-20-7-11(5-15(22)23)14(21)9-20/h1-4,6,11,14,21H,5,7-9H2,(H,18,19)(H,22,23)/t11-,14-/m1/s1. The Morgan fingerprint density at radius 1 is 1.43 bits per heavy atom. The van der Waals surface area contributed by atoms with Gasteiger partial charge in [0.15, 0.2) is 0 Å². The number of halogens is 1. The molecule has 2 atom stereocenters. The van der Waals surface area contributed by atoms with Gasteiger partial charge in [-0.2, -0.15) is 5.10 Å². The number of carbonyl (C=O) groups is 1. The minimum atomic E-state index is -0.903. The van der Waals surface area contributed by atoms with Crippen molar-refractivity contribution in [3.05, 3.63) is 41.8 Å². The summed E-state index contributed by atoms with van der Waals surface area (Å²) in [5.74, 6) is -1.49. The van der Waals surface area contributed by atoms with Crippen LogP contribution in [0.25, 0.3) is 11.3 Å². The average molecular weight is 319 g/mol. The number of rotatable bonds is 5. The minimum Gasteiger partial charge on any atom is -0.481 e. The second-order valence-corrected chi connectivity index (χ2v) is 5.90. The number of β-amino-alcohol motifs (C(OH)–C–C–N with tert-alkyl or cyclic N) is 1. The van der Waals surface area contributed by atoms with Crippen LogP contribution in [0.5, 0.6) is 0 Å². The molecule has 122 valence electrons. The van der Waals surface area contributed by atoms with Gasteiger partial charge in [0.2, 0.25) is 0 Å². The SMILES string of the molecule is O=C(O)C[C@@H]1CN(Cc2cn[nH]c2-c2cccc(F)c2)C[C@H]1O. The number of carboxylic acids is 1. The van der Waals surface area contributed by atoms with Crippen LogP contribution in [0.15, 0.2) is 30.5 Å². The molecule has 0 saturated carbocycles. The number of likely N-dealkylation sites (tertiary alicyclic amines) is 1. The summed E-state index contributed by atoms with van der Waals surface area (Å²) in [6, 6.07) is 6.25. The van der Waals surface area contributed by atoms with Gasteiger partial charge in [-0.25, -0.2) is 4.39 Å². The second-order valence-electron chi connectivity index (χ2n) is 5.90. The highest BCUT2D eigenvalue weighted by Crippen LogP contribution is 2.26. The molecule has 0 unspecified atom stereocenters. The number of aliphatic carboxylic acids is 1. The summed E-state index contributed by atoms with van der Waals surface area (Å²) in [5, 5.41) is 25.8. The number of aliphatic hydroxyl groups excluding tert-OH is 1. The number of H-pyrrole nitrogens is 1. The van der Waals surface area contributed by atoms with Crippen molar-refractivity contribution in [3.63, 3.8) is 0 Å². The molecule has 1 aliphatic rings. The number of hydrogen-bond donors (Lipinski definition) is 3. The van der Waals surface area contributed by atoms with E-state index in [2.05, 4.69) is 10.2 Å². The lowest BCUT2D eigenvalue weighted by Gasteiger charge is -2.15. The molecule has 0 aliphatic carbocycles. The Bertz CT molecular complexity index is 703. The number of aromatic amines is 1. The van der Waals surface area contributed by atoms with Gasteiger partial charge in [-0.1, -0.05) is 12.1 Å². The Labute approximate surface area is 132 Å². The van der Waals surface area contributed by atoms with Crippen LogP contribution < -0.4 is 0 Å². The van der Waals surface area contributed by atoms with E-state index < -0.39 is 12.1 Å². The number of hydrogen-bond acceptors (Lipinski definition) is 4. The molecule has 3 rings (SSSR count). The van der Waals surface area contributed by atoms with E-state index in [1.54, 1.807) is 18.3 Å². The predicted octanol–water partition coefficient (Wildman–Crippen LogP) is 1.48. The first kappa shape index (κ1) is 15.6. The van der Waals surface area contributed by atoms with E-state index in [1.807, 2.05) is 4.90 Å². The van der Waals surface area contributed by atoms with Crippen LogP contribution in [0.3, 0.4) is 0 Å². The quantitative estimate of drug-likeness (QED) is 0.777. The van der Waals surface area contributed by atoms with Gasteiger partial charge in [0, 0.05) is 36.7 Å². The highest BCUT2D eigenvalue weighted by molar-refractivity contribution is 5.67. The van der Waals surface area contributed by atoms with Crippen molar-refractivity contribution in [2.45, 2.75) is 19.1 Å². The van der Waals surface area contributed by atoms with Crippen LogP contribution in [0.2, 0.25) is 0 Å². The molecular weight excluding hydrogens is 301 g/mol. The monoisotopic (exact) mass is 319 g/mol. The number of nitrogens with one attached hydrogen (secondary N) is 1. The molecule has 23 heavy (non-hydrogen) atoms. The molecule has 1 fully saturated rings. The summed E-state index contributed by atoms with van der Waals surface area (Å²) >= 11 is 0. The molecule has 0 radical (unpaired) electrons. The van der Waals surface area contributed by atoms with Crippen molar-refractivity contribution in [3.8, 4) is 11.3 Å². The van der Waals surface area contributed by atoms with Crippen molar-refractivity contribution < 1.29 is 19.4 Å². The van der Waals surface area contributed by atoms with Crippen LogP contribution >= 0.6 is 0 Å². The lowest BCUT2D eigenvalue weighted by Crippen LogP contribution is -2.21. The molecule has 2 aromatic rings. The third kappa shape index (κ3) is 3.57. The van der Waals surface area contributed by atoms with E-state index >= 15 is 0 Å². The first-order valence-corrected chi connectivity index (χ1v) is 7.43. The molecule has 1 aliphatic heterocycles. The molecule has 6 nitrogen and oxygen atoms in total. The largest absolute Gasteiger partial charge is 0.481 e. The highest BCUT2D eigenvalue weighted by Gasteiger charge is 2.33. The van der Waals surface area contributed by atoms with E-state index in [0.29, 0.717) is 25.2 Å². The fraction of sp³-hybridized carbons (Fsp3) is 0.375. The average Bonchev–Trinajstić information content (AvgIpc) is 3.06. The van der Waals surface area contributed by atoms with Gasteiger partial charge in [-0.3, -0.25) is 14.8 Å². The maximum atomic E-state index is 13.4. The van der Waals surface area contributed by atoms with Gasteiger partial charge in [0.25, 0.3) is 0 Å². The van der Waals surface area contributed by atoms with Crippen LogP contribution in [-0.4, -0.2) is 50.5 Å². The lowest BCUT2D eigenvalue weighted by molar-refractivity contribution is -0.138. The molecule has 7 heteroatoms. The fourth-order valence-electron chi connectivity index (χ4n) is 3.06. The van der Waals surface area contributed by atoms with Crippen LogP contribution in [-0.2, 0) is 11.3 Å². The first-order chi connectivity index (χ1) is 11.0. The molecule has 0 spiro atoms. The zero-order valence-corrected chi connectivity index (χ0v) is 12.4. The Hall–Kier alpha value is -2.25. The lowest BCUT2D eigenvalue weighted by atomic mass is 10.0. The number of nitrogens with zero attached hydrogens (tertiary/aromatic N) is 2. The van der Waals surface area contributed by atoms with Crippen LogP contribution in [0.1, 0.15) is 12.0 Å². The summed E-state index contributed by atoms with van der Waals surface area (Å²) < 4.78 is 13.4. The van der Waals surface area contributed by atoms with Crippen molar-refractivity contribution in [2.75, 3.05) is 13.1 Å². The van der Waals surface area contributed by atoms with Crippen LogP contribution in [0.4, 0.5) is 4.39 Å². The fourth-order valence-corrected chi connectivity index (χ4v) is 3.06. The molecule has 0 amide bonds. The normalized spacial score (nSPS) is 21.7. The van der Waals surface area contributed by atoms with E-state index in [1.165, 1.54) is 12.1 Å².